The number of hydrogen-bond acceptors (Lipinski definition) is 4. The lowest BCUT2D eigenvalue weighted by Crippen LogP contribution is -2.32. The van der Waals surface area contributed by atoms with E-state index in [1.54, 1.807) is 0 Å². The molecule has 0 bridgehead atoms. The Balaban J connectivity index is 1.21. The van der Waals surface area contributed by atoms with Gasteiger partial charge in [0.2, 0.25) is 0 Å². The van der Waals surface area contributed by atoms with E-state index in [1.807, 2.05) is 11.8 Å². The number of hydrogen-bond donors (Lipinski definition) is 0. The summed E-state index contributed by atoms with van der Waals surface area (Å²) in [6, 6.07) is 72.3. The van der Waals surface area contributed by atoms with Crippen molar-refractivity contribution < 1.29 is 8.83 Å². The summed E-state index contributed by atoms with van der Waals surface area (Å²) in [5.74, 6) is 0. The van der Waals surface area contributed by atoms with Crippen molar-refractivity contribution in [2.24, 2.45) is 0 Å². The largest absolute Gasteiger partial charge is 0.455 e. The van der Waals surface area contributed by atoms with Gasteiger partial charge in [0.1, 0.15) is 22.3 Å². The highest BCUT2D eigenvalue weighted by Gasteiger charge is 2.53. The Morgan fingerprint density at radius 2 is 0.932 bits per heavy atom. The Hall–Kier alpha value is -7.27. The molecular weight excluding hydrogens is 739 g/mol. The third-order valence-corrected chi connectivity index (χ3v) is 13.7. The zero-order valence-electron chi connectivity index (χ0n) is 31.7. The molecule has 2 aromatic heterocycles. The van der Waals surface area contributed by atoms with Gasteiger partial charge in [-0.25, -0.2) is 0 Å². The Morgan fingerprint density at radius 3 is 1.66 bits per heavy atom. The SMILES string of the molecule is c1ccc(-c2ccc(N(c3ccccc3)c3cc4c(c5oc6ccccc6c35)-c3c(ccc5c3oc3ccccc35)C43c4ccccc4Sc4ccccc43)cc2)cc1. The lowest BCUT2D eigenvalue weighted by molar-refractivity contribution is 0.665. The van der Waals surface area contributed by atoms with E-state index in [1.165, 1.54) is 43.2 Å². The number of benzene rings is 9. The minimum Gasteiger partial charge on any atom is -0.455 e. The van der Waals surface area contributed by atoms with Gasteiger partial charge in [0.05, 0.1) is 16.5 Å². The van der Waals surface area contributed by atoms with Crippen molar-refractivity contribution in [3.8, 4) is 22.3 Å². The minimum absolute atomic E-state index is 0.669. The van der Waals surface area contributed by atoms with Crippen LogP contribution >= 0.6 is 11.8 Å². The first-order valence-corrected chi connectivity index (χ1v) is 20.9. The van der Waals surface area contributed by atoms with Gasteiger partial charge in [-0.15, -0.1) is 0 Å². The van der Waals surface area contributed by atoms with Crippen LogP contribution in [0, 0.1) is 0 Å². The number of furan rings is 2. The first kappa shape index (κ1) is 32.8. The van der Waals surface area contributed by atoms with E-state index >= 15 is 0 Å². The second kappa shape index (κ2) is 12.4. The van der Waals surface area contributed by atoms with Crippen molar-refractivity contribution in [3.05, 3.63) is 222 Å². The van der Waals surface area contributed by atoms with Gasteiger partial charge in [-0.05, 0) is 88.0 Å². The Bertz CT molecular complexity index is 3430. The fourth-order valence-corrected chi connectivity index (χ4v) is 11.3. The maximum atomic E-state index is 7.25. The molecule has 0 unspecified atom stereocenters. The second-order valence-corrected chi connectivity index (χ2v) is 16.6. The van der Waals surface area contributed by atoms with E-state index in [9.17, 15) is 0 Å². The minimum atomic E-state index is -0.669. The van der Waals surface area contributed by atoms with Crippen molar-refractivity contribution in [1.29, 1.82) is 0 Å². The summed E-state index contributed by atoms with van der Waals surface area (Å²) in [7, 11) is 0. The first-order valence-electron chi connectivity index (χ1n) is 20.1. The maximum Gasteiger partial charge on any atom is 0.145 e. The van der Waals surface area contributed by atoms with Crippen molar-refractivity contribution in [1.82, 2.24) is 0 Å². The van der Waals surface area contributed by atoms with Crippen molar-refractivity contribution in [3.63, 3.8) is 0 Å². The highest BCUT2D eigenvalue weighted by molar-refractivity contribution is 7.99. The summed E-state index contributed by atoms with van der Waals surface area (Å²) < 4.78 is 14.2. The van der Waals surface area contributed by atoms with E-state index in [2.05, 4.69) is 205 Å². The quantitative estimate of drug-likeness (QED) is 0.178. The van der Waals surface area contributed by atoms with E-state index in [0.29, 0.717) is 0 Å². The van der Waals surface area contributed by atoms with E-state index in [4.69, 9.17) is 8.83 Å². The Morgan fingerprint density at radius 1 is 0.390 bits per heavy atom. The summed E-state index contributed by atoms with van der Waals surface area (Å²) in [6.07, 6.45) is 0. The van der Waals surface area contributed by atoms with Crippen molar-refractivity contribution in [2.45, 2.75) is 15.2 Å². The Kier molecular flexibility index (Phi) is 6.87. The molecular formula is C55H33NO2S. The highest BCUT2D eigenvalue weighted by Crippen LogP contribution is 2.66. The maximum absolute atomic E-state index is 7.25. The molecule has 3 heterocycles. The molecule has 0 atom stereocenters. The zero-order chi connectivity index (χ0) is 38.7. The van der Waals surface area contributed by atoms with E-state index in [0.717, 1.165) is 72.1 Å². The van der Waals surface area contributed by atoms with E-state index < -0.39 is 5.41 Å². The summed E-state index contributed by atoms with van der Waals surface area (Å²) in [5.41, 5.74) is 15.5. The summed E-state index contributed by atoms with van der Waals surface area (Å²) >= 11 is 1.85. The fraction of sp³-hybridized carbons (Fsp3) is 0.0182. The molecule has 0 amide bonds. The van der Waals surface area contributed by atoms with Crippen LogP contribution in [0.15, 0.2) is 219 Å². The van der Waals surface area contributed by atoms with Crippen LogP contribution < -0.4 is 4.90 Å². The molecule has 0 saturated carbocycles. The zero-order valence-corrected chi connectivity index (χ0v) is 32.5. The molecule has 11 aromatic rings. The third kappa shape index (κ3) is 4.49. The average molecular weight is 772 g/mol. The topological polar surface area (TPSA) is 29.5 Å². The smallest absolute Gasteiger partial charge is 0.145 e. The van der Waals surface area contributed by atoms with Gasteiger partial charge in [0.15, 0.2) is 0 Å². The van der Waals surface area contributed by atoms with Crippen LogP contribution in [0.1, 0.15) is 22.3 Å². The predicted molar refractivity (Wildman–Crippen MR) is 243 cm³/mol. The van der Waals surface area contributed by atoms with Crippen LogP contribution in [0.4, 0.5) is 17.1 Å². The molecule has 0 radical (unpaired) electrons. The number of para-hydroxylation sites is 3. The molecule has 276 valence electrons. The van der Waals surface area contributed by atoms with Gasteiger partial charge in [-0.1, -0.05) is 157 Å². The molecule has 9 aromatic carbocycles. The van der Waals surface area contributed by atoms with Crippen LogP contribution in [0.5, 0.6) is 0 Å². The van der Waals surface area contributed by atoms with E-state index in [-0.39, 0.29) is 0 Å². The van der Waals surface area contributed by atoms with Crippen molar-refractivity contribution in [2.75, 3.05) is 4.90 Å². The van der Waals surface area contributed by atoms with Crippen LogP contribution in [0.25, 0.3) is 66.1 Å². The third-order valence-electron chi connectivity index (χ3n) is 12.5. The molecule has 1 spiro atoms. The first-order chi connectivity index (χ1) is 29.3. The molecule has 3 nitrogen and oxygen atoms in total. The molecule has 1 aliphatic carbocycles. The van der Waals surface area contributed by atoms with Crippen LogP contribution in [0.3, 0.4) is 0 Å². The molecule has 0 fully saturated rings. The monoisotopic (exact) mass is 771 g/mol. The van der Waals surface area contributed by atoms with Crippen LogP contribution in [0.2, 0.25) is 0 Å². The predicted octanol–water partition coefficient (Wildman–Crippen LogP) is 15.4. The highest BCUT2D eigenvalue weighted by atomic mass is 32.2. The number of fused-ring (bicyclic) bond motifs is 17. The van der Waals surface area contributed by atoms with Gasteiger partial charge in [0.25, 0.3) is 0 Å². The van der Waals surface area contributed by atoms with Crippen molar-refractivity contribution >= 4 is 72.7 Å². The molecule has 2 aliphatic rings. The number of anilines is 3. The number of nitrogens with zero attached hydrogens (tertiary/aromatic N) is 1. The summed E-state index contributed by atoms with van der Waals surface area (Å²) in [6.45, 7) is 0. The molecule has 0 N–H and O–H groups in total. The normalized spacial score (nSPS) is 13.5. The lowest BCUT2D eigenvalue weighted by atomic mass is 9.67. The average Bonchev–Trinajstić information content (AvgIpc) is 3.97. The second-order valence-electron chi connectivity index (χ2n) is 15.5. The Labute approximate surface area is 344 Å². The van der Waals surface area contributed by atoms with Gasteiger partial charge >= 0.3 is 0 Å². The van der Waals surface area contributed by atoms with Gasteiger partial charge in [-0.2, -0.15) is 0 Å². The summed E-state index contributed by atoms with van der Waals surface area (Å²) in [4.78, 5) is 4.91. The standard InChI is InChI=1S/C55H33NO2S/c1-3-15-34(16-4-1)35-27-29-37(30-28-35)56(36-17-5-2-6-18-36)45-33-44-52(54-50(45)40-20-8-12-24-47(40)58-54)51-43(32-31-39-38-19-7-11-23-46(38)57-53(39)51)55(44)41-21-9-13-25-48(41)59-49-26-14-10-22-42(49)55/h1-33H. The molecule has 59 heavy (non-hydrogen) atoms. The molecule has 13 rings (SSSR count). The van der Waals surface area contributed by atoms with Gasteiger partial charge < -0.3 is 13.7 Å². The fourth-order valence-electron chi connectivity index (χ4n) is 10.1. The number of rotatable bonds is 4. The van der Waals surface area contributed by atoms with Crippen LogP contribution in [-0.2, 0) is 5.41 Å². The van der Waals surface area contributed by atoms with Gasteiger partial charge in [0, 0.05) is 48.5 Å². The van der Waals surface area contributed by atoms with Crippen LogP contribution in [-0.4, -0.2) is 0 Å². The molecule has 4 heteroatoms. The molecule has 0 saturated heterocycles. The van der Waals surface area contributed by atoms with Gasteiger partial charge in [-0.3, -0.25) is 0 Å². The molecule has 1 aliphatic heterocycles. The lowest BCUT2D eigenvalue weighted by Gasteiger charge is -2.40. The summed E-state index contributed by atoms with van der Waals surface area (Å²) in [5, 5.41) is 4.35.